The van der Waals surface area contributed by atoms with Crippen LogP contribution in [0.5, 0.6) is 0 Å². The fraction of sp³-hybridized carbons (Fsp3) is 0.900. The van der Waals surface area contributed by atoms with E-state index in [-0.39, 0.29) is 11.8 Å². The van der Waals surface area contributed by atoms with E-state index in [4.69, 9.17) is 0 Å². The Morgan fingerprint density at radius 2 is 1.44 bits per heavy atom. The fourth-order valence-corrected chi connectivity index (χ4v) is 4.87. The molecule has 0 aliphatic carbocycles. The summed E-state index contributed by atoms with van der Waals surface area (Å²) < 4.78 is 0. The Bertz CT molecular complexity index is 458. The van der Waals surface area contributed by atoms with E-state index in [1.165, 1.54) is 12.8 Å². The molecule has 0 bridgehead atoms. The Morgan fingerprint density at radius 1 is 0.840 bits per heavy atom. The second kappa shape index (κ2) is 8.52. The Labute approximate surface area is 152 Å². The second-order valence-corrected chi connectivity index (χ2v) is 8.68. The standard InChI is InChI=1S/C20H35N3O2/c1-16-12-17(2)14-23(13-16)19(24)15-21-10-6-18(7-11-21)20(25)22-8-4-3-5-9-22/h16-18H,3-15H2,1-2H3. The highest BCUT2D eigenvalue weighted by Crippen LogP contribution is 2.23. The second-order valence-electron chi connectivity index (χ2n) is 8.68. The molecule has 0 spiro atoms. The van der Waals surface area contributed by atoms with Gasteiger partial charge in [-0.2, -0.15) is 0 Å². The van der Waals surface area contributed by atoms with Crippen LogP contribution in [0.3, 0.4) is 0 Å². The van der Waals surface area contributed by atoms with Crippen LogP contribution in [0.15, 0.2) is 0 Å². The normalized spacial score (nSPS) is 29.7. The van der Waals surface area contributed by atoms with Gasteiger partial charge < -0.3 is 9.80 Å². The van der Waals surface area contributed by atoms with Crippen LogP contribution in [0.1, 0.15) is 52.4 Å². The highest BCUT2D eigenvalue weighted by atomic mass is 16.2. The van der Waals surface area contributed by atoms with E-state index in [1.807, 2.05) is 0 Å². The first-order chi connectivity index (χ1) is 12.0. The first-order valence-corrected chi connectivity index (χ1v) is 10.3. The third kappa shape index (κ3) is 4.96. The van der Waals surface area contributed by atoms with Gasteiger partial charge in [-0.3, -0.25) is 14.5 Å². The van der Waals surface area contributed by atoms with Crippen LogP contribution in [0.25, 0.3) is 0 Å². The molecule has 0 N–H and O–H groups in total. The summed E-state index contributed by atoms with van der Waals surface area (Å²) in [7, 11) is 0. The third-order valence-corrected chi connectivity index (χ3v) is 6.18. The molecule has 5 heteroatoms. The van der Waals surface area contributed by atoms with Gasteiger partial charge in [0.05, 0.1) is 6.54 Å². The average molecular weight is 350 g/mol. The summed E-state index contributed by atoms with van der Waals surface area (Å²) in [6, 6.07) is 0. The van der Waals surface area contributed by atoms with Crippen molar-refractivity contribution in [1.29, 1.82) is 0 Å². The molecule has 0 aromatic rings. The summed E-state index contributed by atoms with van der Waals surface area (Å²) in [5.74, 6) is 2.05. The largest absolute Gasteiger partial charge is 0.342 e. The first-order valence-electron chi connectivity index (χ1n) is 10.3. The van der Waals surface area contributed by atoms with E-state index >= 15 is 0 Å². The van der Waals surface area contributed by atoms with Crippen molar-refractivity contribution >= 4 is 11.8 Å². The van der Waals surface area contributed by atoms with Crippen LogP contribution in [-0.4, -0.2) is 72.3 Å². The van der Waals surface area contributed by atoms with E-state index in [9.17, 15) is 9.59 Å². The zero-order chi connectivity index (χ0) is 17.8. The van der Waals surface area contributed by atoms with Gasteiger partial charge in [0.25, 0.3) is 0 Å². The minimum atomic E-state index is 0.180. The van der Waals surface area contributed by atoms with Gasteiger partial charge in [0.1, 0.15) is 0 Å². The molecule has 3 heterocycles. The molecule has 2 unspecified atom stereocenters. The van der Waals surface area contributed by atoms with Crippen molar-refractivity contribution in [1.82, 2.24) is 14.7 Å². The predicted molar refractivity (Wildman–Crippen MR) is 99.1 cm³/mol. The van der Waals surface area contributed by atoms with Crippen molar-refractivity contribution < 1.29 is 9.59 Å². The van der Waals surface area contributed by atoms with Gasteiger partial charge >= 0.3 is 0 Å². The highest BCUT2D eigenvalue weighted by Gasteiger charge is 2.31. The van der Waals surface area contributed by atoms with Crippen LogP contribution in [0, 0.1) is 17.8 Å². The Hall–Kier alpha value is -1.10. The zero-order valence-corrected chi connectivity index (χ0v) is 16.1. The number of piperidine rings is 3. The number of rotatable bonds is 3. The minimum Gasteiger partial charge on any atom is -0.342 e. The van der Waals surface area contributed by atoms with Crippen LogP contribution in [0.2, 0.25) is 0 Å². The van der Waals surface area contributed by atoms with E-state index in [1.54, 1.807) is 0 Å². The van der Waals surface area contributed by atoms with E-state index in [2.05, 4.69) is 28.5 Å². The van der Waals surface area contributed by atoms with Crippen LogP contribution >= 0.6 is 0 Å². The lowest BCUT2D eigenvalue weighted by Gasteiger charge is -2.38. The lowest BCUT2D eigenvalue weighted by atomic mass is 9.91. The number of amides is 2. The Balaban J connectivity index is 1.42. The van der Waals surface area contributed by atoms with Crippen molar-refractivity contribution in [2.75, 3.05) is 45.8 Å². The van der Waals surface area contributed by atoms with Gasteiger partial charge in [0, 0.05) is 32.1 Å². The van der Waals surface area contributed by atoms with Crippen molar-refractivity contribution in [3.63, 3.8) is 0 Å². The number of hydrogen-bond donors (Lipinski definition) is 0. The monoisotopic (exact) mass is 349 g/mol. The van der Waals surface area contributed by atoms with Crippen LogP contribution in [0.4, 0.5) is 0 Å². The predicted octanol–water partition coefficient (Wildman–Crippen LogP) is 2.22. The molecular formula is C20H35N3O2. The fourth-order valence-electron chi connectivity index (χ4n) is 4.87. The van der Waals surface area contributed by atoms with Crippen LogP contribution in [-0.2, 0) is 9.59 Å². The SMILES string of the molecule is CC1CC(C)CN(C(=O)CN2CCC(C(=O)N3CCCCC3)CC2)C1. The third-order valence-electron chi connectivity index (χ3n) is 6.18. The molecule has 5 nitrogen and oxygen atoms in total. The van der Waals surface area contributed by atoms with Crippen LogP contribution < -0.4 is 0 Å². The summed E-state index contributed by atoms with van der Waals surface area (Å²) in [5.41, 5.74) is 0. The molecule has 0 aromatic heterocycles. The molecule has 3 saturated heterocycles. The molecular weight excluding hydrogens is 314 g/mol. The molecule has 25 heavy (non-hydrogen) atoms. The maximum atomic E-state index is 12.6. The lowest BCUT2D eigenvalue weighted by molar-refractivity contribution is -0.138. The topological polar surface area (TPSA) is 43.9 Å². The summed E-state index contributed by atoms with van der Waals surface area (Å²) in [6.45, 7) is 10.5. The summed E-state index contributed by atoms with van der Waals surface area (Å²) in [4.78, 5) is 31.7. The Morgan fingerprint density at radius 3 is 2.04 bits per heavy atom. The van der Waals surface area contributed by atoms with Gasteiger partial charge in [-0.05, 0) is 63.5 Å². The maximum absolute atomic E-state index is 12.6. The van der Waals surface area contributed by atoms with Gasteiger partial charge in [0.2, 0.25) is 11.8 Å². The zero-order valence-electron chi connectivity index (χ0n) is 16.1. The summed E-state index contributed by atoms with van der Waals surface area (Å²) in [5, 5.41) is 0. The molecule has 0 aromatic carbocycles. The van der Waals surface area contributed by atoms with Crippen molar-refractivity contribution in [2.24, 2.45) is 17.8 Å². The number of likely N-dealkylation sites (tertiary alicyclic amines) is 3. The number of carbonyl (C=O) groups excluding carboxylic acids is 2. The Kier molecular flexibility index (Phi) is 6.37. The molecule has 2 amide bonds. The van der Waals surface area contributed by atoms with Gasteiger partial charge in [-0.25, -0.2) is 0 Å². The molecule has 2 atom stereocenters. The molecule has 0 radical (unpaired) electrons. The van der Waals surface area contributed by atoms with E-state index in [0.717, 1.165) is 65.0 Å². The minimum absolute atomic E-state index is 0.180. The molecule has 0 saturated carbocycles. The number of hydrogen-bond acceptors (Lipinski definition) is 3. The highest BCUT2D eigenvalue weighted by molar-refractivity contribution is 5.80. The van der Waals surface area contributed by atoms with E-state index in [0.29, 0.717) is 24.3 Å². The van der Waals surface area contributed by atoms with Crippen molar-refractivity contribution in [3.8, 4) is 0 Å². The van der Waals surface area contributed by atoms with E-state index < -0.39 is 0 Å². The van der Waals surface area contributed by atoms with Gasteiger partial charge in [-0.15, -0.1) is 0 Å². The summed E-state index contributed by atoms with van der Waals surface area (Å²) in [6.07, 6.45) is 6.63. The van der Waals surface area contributed by atoms with Crippen molar-refractivity contribution in [2.45, 2.75) is 52.4 Å². The van der Waals surface area contributed by atoms with Gasteiger partial charge in [-0.1, -0.05) is 13.8 Å². The summed E-state index contributed by atoms with van der Waals surface area (Å²) >= 11 is 0. The van der Waals surface area contributed by atoms with Gasteiger partial charge in [0.15, 0.2) is 0 Å². The molecule has 3 aliphatic heterocycles. The molecule has 3 aliphatic rings. The van der Waals surface area contributed by atoms with Crippen molar-refractivity contribution in [3.05, 3.63) is 0 Å². The first kappa shape index (κ1) is 18.7. The molecule has 3 rings (SSSR count). The molecule has 3 fully saturated rings. The quantitative estimate of drug-likeness (QED) is 0.785. The number of carbonyl (C=O) groups is 2. The lowest BCUT2D eigenvalue weighted by Crippen LogP contribution is -2.49. The molecule has 142 valence electrons. The maximum Gasteiger partial charge on any atom is 0.236 e. The average Bonchev–Trinajstić information content (AvgIpc) is 2.61. The number of nitrogens with zero attached hydrogens (tertiary/aromatic N) is 3. The smallest absolute Gasteiger partial charge is 0.236 e.